The number of aliphatic carboxylic acids is 1. The van der Waals surface area contributed by atoms with E-state index < -0.39 is 11.9 Å². The highest BCUT2D eigenvalue weighted by Gasteiger charge is 2.12. The summed E-state index contributed by atoms with van der Waals surface area (Å²) in [5.74, 6) is -2.39. The number of hydrogen-bond acceptors (Lipinski definition) is 3. The molecular weight excluding hydrogens is 300 g/mol. The second kappa shape index (κ2) is 17.0. The van der Waals surface area contributed by atoms with Gasteiger partial charge in [0.2, 0.25) is 0 Å². The standard InChI is InChI=1S/C21H40O3/c1-3-4-5-6-7-8-9-10-11-12-13-14-15-16-17-18-20(22)19(2)21(23)24/h19H,3-18H2,1-2H3,(H,23,24)/p-1. The summed E-state index contributed by atoms with van der Waals surface area (Å²) >= 11 is 0. The van der Waals surface area contributed by atoms with E-state index in [1.54, 1.807) is 0 Å². The number of hydrogen-bond donors (Lipinski definition) is 0. The van der Waals surface area contributed by atoms with Crippen LogP contribution in [-0.2, 0) is 9.59 Å². The lowest BCUT2D eigenvalue weighted by Gasteiger charge is -2.10. The molecule has 0 saturated carbocycles. The molecule has 0 heterocycles. The SMILES string of the molecule is CCCCCCCCCCCCCCCCCC(=O)C(C)C(=O)[O-]. The van der Waals surface area contributed by atoms with E-state index >= 15 is 0 Å². The Kier molecular flexibility index (Phi) is 16.4. The van der Waals surface area contributed by atoms with Crippen molar-refractivity contribution in [2.75, 3.05) is 0 Å². The fourth-order valence-corrected chi connectivity index (χ4v) is 3.02. The largest absolute Gasteiger partial charge is 0.549 e. The molecule has 0 aliphatic rings. The Bertz CT molecular complexity index is 312. The van der Waals surface area contributed by atoms with Gasteiger partial charge >= 0.3 is 0 Å². The summed E-state index contributed by atoms with van der Waals surface area (Å²) in [6.07, 6.45) is 19.7. The minimum atomic E-state index is -1.25. The average Bonchev–Trinajstić information content (AvgIpc) is 2.57. The topological polar surface area (TPSA) is 57.2 Å². The third-order valence-corrected chi connectivity index (χ3v) is 4.86. The van der Waals surface area contributed by atoms with Crippen LogP contribution in [0.3, 0.4) is 0 Å². The molecule has 1 unspecified atom stereocenters. The fraction of sp³-hybridized carbons (Fsp3) is 0.905. The van der Waals surface area contributed by atoms with Gasteiger partial charge in [-0.05, 0) is 6.42 Å². The molecule has 0 aromatic heterocycles. The van der Waals surface area contributed by atoms with Crippen LogP contribution in [0.2, 0.25) is 0 Å². The van der Waals surface area contributed by atoms with Gasteiger partial charge in [0.1, 0.15) is 5.78 Å². The number of carboxylic acids is 1. The summed E-state index contributed by atoms with van der Waals surface area (Å²) < 4.78 is 0. The molecule has 0 aliphatic heterocycles. The Morgan fingerprint density at radius 1 is 0.667 bits per heavy atom. The molecule has 24 heavy (non-hydrogen) atoms. The normalized spacial score (nSPS) is 12.2. The lowest BCUT2D eigenvalue weighted by molar-refractivity contribution is -0.309. The zero-order valence-electron chi connectivity index (χ0n) is 16.1. The van der Waals surface area contributed by atoms with Crippen molar-refractivity contribution in [2.24, 2.45) is 5.92 Å². The van der Waals surface area contributed by atoms with Crippen molar-refractivity contribution >= 4 is 11.8 Å². The third kappa shape index (κ3) is 14.7. The second-order valence-corrected chi connectivity index (χ2v) is 7.21. The van der Waals surface area contributed by atoms with Crippen LogP contribution in [0.4, 0.5) is 0 Å². The second-order valence-electron chi connectivity index (χ2n) is 7.21. The predicted molar refractivity (Wildman–Crippen MR) is 98.7 cm³/mol. The molecule has 0 rings (SSSR count). The monoisotopic (exact) mass is 339 g/mol. The molecular formula is C21H39O3-. The molecule has 3 nitrogen and oxygen atoms in total. The van der Waals surface area contributed by atoms with Crippen molar-refractivity contribution in [2.45, 2.75) is 117 Å². The van der Waals surface area contributed by atoms with Crippen LogP contribution in [0.5, 0.6) is 0 Å². The zero-order chi connectivity index (χ0) is 18.0. The average molecular weight is 340 g/mol. The molecule has 0 saturated heterocycles. The lowest BCUT2D eigenvalue weighted by atomic mass is 10.00. The zero-order valence-corrected chi connectivity index (χ0v) is 16.1. The molecule has 0 N–H and O–H groups in total. The van der Waals surface area contributed by atoms with Gasteiger partial charge in [-0.3, -0.25) is 4.79 Å². The highest BCUT2D eigenvalue weighted by atomic mass is 16.4. The quantitative estimate of drug-likeness (QED) is 0.255. The van der Waals surface area contributed by atoms with E-state index in [9.17, 15) is 14.7 Å². The molecule has 0 aliphatic carbocycles. The molecule has 0 amide bonds. The molecule has 1 atom stereocenters. The molecule has 0 aromatic carbocycles. The number of unbranched alkanes of at least 4 members (excludes halogenated alkanes) is 14. The van der Waals surface area contributed by atoms with Crippen molar-refractivity contribution in [1.82, 2.24) is 0 Å². The van der Waals surface area contributed by atoms with E-state index in [1.807, 2.05) is 0 Å². The van der Waals surface area contributed by atoms with E-state index in [0.29, 0.717) is 6.42 Å². The summed E-state index contributed by atoms with van der Waals surface area (Å²) in [5, 5.41) is 10.6. The van der Waals surface area contributed by atoms with Crippen LogP contribution < -0.4 is 5.11 Å². The van der Waals surface area contributed by atoms with Gasteiger partial charge in [-0.25, -0.2) is 0 Å². The van der Waals surface area contributed by atoms with Crippen LogP contribution in [-0.4, -0.2) is 11.8 Å². The van der Waals surface area contributed by atoms with Gasteiger partial charge in [0.15, 0.2) is 0 Å². The molecule has 142 valence electrons. The van der Waals surface area contributed by atoms with Crippen LogP contribution >= 0.6 is 0 Å². The van der Waals surface area contributed by atoms with Crippen LogP contribution in [0.15, 0.2) is 0 Å². The van der Waals surface area contributed by atoms with E-state index in [4.69, 9.17) is 0 Å². The lowest BCUT2D eigenvalue weighted by Crippen LogP contribution is -2.34. The van der Waals surface area contributed by atoms with E-state index in [2.05, 4.69) is 6.92 Å². The molecule has 0 fully saturated rings. The predicted octanol–water partition coefficient (Wildman–Crippen LogP) is 5.20. The van der Waals surface area contributed by atoms with E-state index in [0.717, 1.165) is 19.3 Å². The Labute approximate surface area is 149 Å². The molecule has 3 heteroatoms. The summed E-state index contributed by atoms with van der Waals surface area (Å²) in [6.45, 7) is 3.68. The summed E-state index contributed by atoms with van der Waals surface area (Å²) in [6, 6.07) is 0. The minimum Gasteiger partial charge on any atom is -0.549 e. The van der Waals surface area contributed by atoms with Crippen molar-refractivity contribution in [3.05, 3.63) is 0 Å². The Hall–Kier alpha value is -0.860. The number of carboxylic acid groups (broad SMARTS) is 1. The maximum atomic E-state index is 11.5. The van der Waals surface area contributed by atoms with Crippen LogP contribution in [0.1, 0.15) is 117 Å². The summed E-state index contributed by atoms with van der Waals surface area (Å²) in [7, 11) is 0. The fourth-order valence-electron chi connectivity index (χ4n) is 3.02. The smallest absolute Gasteiger partial charge is 0.141 e. The molecule has 0 spiro atoms. The first-order chi connectivity index (χ1) is 11.6. The first-order valence-corrected chi connectivity index (χ1v) is 10.3. The molecule has 0 radical (unpaired) electrons. The van der Waals surface area contributed by atoms with Gasteiger partial charge in [0.05, 0.1) is 11.9 Å². The maximum Gasteiger partial charge on any atom is 0.141 e. The summed E-state index contributed by atoms with van der Waals surface area (Å²) in [5.41, 5.74) is 0. The number of ketones is 1. The number of carbonyl (C=O) groups is 2. The van der Waals surface area contributed by atoms with Gasteiger partial charge in [0.25, 0.3) is 0 Å². The number of Topliss-reactive ketones (excluding diaryl/α,β-unsaturated/α-hetero) is 1. The van der Waals surface area contributed by atoms with Gasteiger partial charge in [-0.1, -0.05) is 104 Å². The van der Waals surface area contributed by atoms with Crippen LogP contribution in [0, 0.1) is 5.92 Å². The van der Waals surface area contributed by atoms with E-state index in [-0.39, 0.29) is 5.78 Å². The number of rotatable bonds is 18. The Balaban J connectivity index is 3.18. The number of carbonyl (C=O) groups excluding carboxylic acids is 2. The summed E-state index contributed by atoms with van der Waals surface area (Å²) in [4.78, 5) is 22.1. The highest BCUT2D eigenvalue weighted by Crippen LogP contribution is 2.14. The van der Waals surface area contributed by atoms with Crippen molar-refractivity contribution in [3.8, 4) is 0 Å². The first-order valence-electron chi connectivity index (χ1n) is 10.3. The van der Waals surface area contributed by atoms with Gasteiger partial charge in [-0.15, -0.1) is 0 Å². The molecule has 0 aromatic rings. The first kappa shape index (κ1) is 23.1. The Morgan fingerprint density at radius 3 is 1.33 bits per heavy atom. The van der Waals surface area contributed by atoms with Crippen LogP contribution in [0.25, 0.3) is 0 Å². The maximum absolute atomic E-state index is 11.5. The van der Waals surface area contributed by atoms with Crippen molar-refractivity contribution < 1.29 is 14.7 Å². The van der Waals surface area contributed by atoms with Crippen molar-refractivity contribution in [1.29, 1.82) is 0 Å². The highest BCUT2D eigenvalue weighted by molar-refractivity contribution is 5.96. The minimum absolute atomic E-state index is 0.190. The van der Waals surface area contributed by atoms with E-state index in [1.165, 1.54) is 84.0 Å². The molecule has 0 bridgehead atoms. The van der Waals surface area contributed by atoms with Crippen molar-refractivity contribution in [3.63, 3.8) is 0 Å². The Morgan fingerprint density at radius 2 is 1.00 bits per heavy atom. The van der Waals surface area contributed by atoms with Gasteiger partial charge < -0.3 is 9.90 Å². The van der Waals surface area contributed by atoms with Gasteiger partial charge in [-0.2, -0.15) is 0 Å². The van der Waals surface area contributed by atoms with Gasteiger partial charge in [0, 0.05) is 6.42 Å². The third-order valence-electron chi connectivity index (χ3n) is 4.86.